The average Bonchev–Trinajstić information content (AvgIpc) is 3.15. The Morgan fingerprint density at radius 3 is 2.69 bits per heavy atom. The second-order valence-corrected chi connectivity index (χ2v) is 7.00. The van der Waals surface area contributed by atoms with Crippen LogP contribution in [0.2, 0.25) is 0 Å². The normalized spacial score (nSPS) is 17.2. The molecule has 1 saturated heterocycles. The molecular weight excluding hydrogens is 324 g/mol. The zero-order valence-electron chi connectivity index (χ0n) is 15.2. The number of benzene rings is 2. The molecule has 1 fully saturated rings. The monoisotopic (exact) mass is 348 g/mol. The molecule has 2 N–H and O–H groups in total. The summed E-state index contributed by atoms with van der Waals surface area (Å²) in [5.74, 6) is 2.56. The van der Waals surface area contributed by atoms with E-state index in [1.165, 1.54) is 0 Å². The molecule has 1 aliphatic heterocycles. The lowest BCUT2D eigenvalue weighted by Gasteiger charge is -2.21. The van der Waals surface area contributed by atoms with E-state index in [-0.39, 0.29) is 0 Å². The van der Waals surface area contributed by atoms with Crippen molar-refractivity contribution < 1.29 is 4.74 Å². The molecular formula is C21H24N4O. The topological polar surface area (TPSA) is 54.6 Å². The number of hydrogen-bond donors (Lipinski definition) is 1. The van der Waals surface area contributed by atoms with Gasteiger partial charge in [0.2, 0.25) is 0 Å². The Morgan fingerprint density at radius 1 is 1.12 bits per heavy atom. The molecule has 1 aliphatic rings. The van der Waals surface area contributed by atoms with Crippen molar-refractivity contribution in [2.24, 2.45) is 0 Å². The second-order valence-electron chi connectivity index (χ2n) is 7.00. The number of fused-ring (bicyclic) bond motifs is 1. The minimum Gasteiger partial charge on any atom is -0.457 e. The Bertz CT molecular complexity index is 925. The van der Waals surface area contributed by atoms with Gasteiger partial charge < -0.3 is 20.3 Å². The maximum Gasteiger partial charge on any atom is 0.135 e. The minimum absolute atomic E-state index is 0.572. The molecule has 134 valence electrons. The molecule has 2 aromatic carbocycles. The van der Waals surface area contributed by atoms with Crippen LogP contribution >= 0.6 is 0 Å². The maximum atomic E-state index is 6.19. The minimum atomic E-state index is 0.572. The molecule has 0 spiro atoms. The molecule has 0 radical (unpaired) electrons. The third-order valence-electron chi connectivity index (χ3n) is 5.08. The number of nitrogen functional groups attached to an aromatic ring is 1. The van der Waals surface area contributed by atoms with Crippen LogP contribution in [0.15, 0.2) is 54.7 Å². The molecule has 0 amide bonds. The molecule has 26 heavy (non-hydrogen) atoms. The Morgan fingerprint density at radius 2 is 1.92 bits per heavy atom. The number of nitrogens with two attached hydrogens (primary N) is 1. The summed E-state index contributed by atoms with van der Waals surface area (Å²) in [5.41, 5.74) is 6.85. The van der Waals surface area contributed by atoms with Gasteiger partial charge in [-0.15, -0.1) is 0 Å². The summed E-state index contributed by atoms with van der Waals surface area (Å²) < 4.78 is 6.19. The van der Waals surface area contributed by atoms with Crippen LogP contribution in [-0.2, 0) is 0 Å². The molecule has 3 aromatic rings. The van der Waals surface area contributed by atoms with Crippen molar-refractivity contribution >= 4 is 22.3 Å². The molecule has 5 heteroatoms. The Hall–Kier alpha value is -2.79. The molecule has 4 rings (SSSR count). The number of nitrogens with zero attached hydrogens (tertiary/aromatic N) is 3. The largest absolute Gasteiger partial charge is 0.457 e. The van der Waals surface area contributed by atoms with Gasteiger partial charge in [0.1, 0.15) is 17.3 Å². The van der Waals surface area contributed by atoms with Crippen LogP contribution in [0.4, 0.5) is 11.5 Å². The van der Waals surface area contributed by atoms with Crippen molar-refractivity contribution in [3.8, 4) is 11.5 Å². The first-order valence-electron chi connectivity index (χ1n) is 8.94. The van der Waals surface area contributed by atoms with Gasteiger partial charge in [0.15, 0.2) is 0 Å². The van der Waals surface area contributed by atoms with Gasteiger partial charge in [0.25, 0.3) is 0 Å². The van der Waals surface area contributed by atoms with Crippen molar-refractivity contribution in [2.45, 2.75) is 12.5 Å². The number of hydrogen-bond acceptors (Lipinski definition) is 5. The average molecular weight is 348 g/mol. The highest BCUT2D eigenvalue weighted by molar-refractivity contribution is 5.97. The van der Waals surface area contributed by atoms with Gasteiger partial charge in [-0.1, -0.05) is 24.3 Å². The summed E-state index contributed by atoms with van der Waals surface area (Å²) in [7, 11) is 4.26. The van der Waals surface area contributed by atoms with Crippen molar-refractivity contribution in [2.75, 3.05) is 37.8 Å². The number of likely N-dealkylation sites (N-methyl/N-ethyl adjacent to an activating group) is 1. The molecule has 2 heterocycles. The smallest absolute Gasteiger partial charge is 0.135 e. The van der Waals surface area contributed by atoms with Gasteiger partial charge in [0, 0.05) is 47.9 Å². The van der Waals surface area contributed by atoms with E-state index >= 15 is 0 Å². The summed E-state index contributed by atoms with van der Waals surface area (Å²) in [4.78, 5) is 9.14. The van der Waals surface area contributed by atoms with Crippen LogP contribution in [0.3, 0.4) is 0 Å². The molecule has 0 saturated carbocycles. The third kappa shape index (κ3) is 3.18. The van der Waals surface area contributed by atoms with Gasteiger partial charge in [-0.2, -0.15) is 0 Å². The lowest BCUT2D eigenvalue weighted by Crippen LogP contribution is -2.31. The standard InChI is InChI=1S/C21H24N4O/c1-24(2)15-10-12-25(14-15)21-13-16(9-11-23-21)26-20-8-7-19(22)17-5-3-4-6-18(17)20/h3-9,11,13,15H,10,12,14,22H2,1-2H3/t15-/m1/s1. The third-order valence-corrected chi connectivity index (χ3v) is 5.08. The SMILES string of the molecule is CN(C)[C@@H]1CCN(c2cc(Oc3ccc(N)c4ccccc34)ccn2)C1. The molecule has 5 nitrogen and oxygen atoms in total. The maximum absolute atomic E-state index is 6.19. The van der Waals surface area contributed by atoms with Crippen LogP contribution in [0.25, 0.3) is 10.8 Å². The lowest BCUT2D eigenvalue weighted by molar-refractivity contribution is 0.315. The first kappa shape index (κ1) is 16.7. The number of anilines is 2. The fourth-order valence-electron chi connectivity index (χ4n) is 3.52. The summed E-state index contributed by atoms with van der Waals surface area (Å²) in [6, 6.07) is 16.3. The molecule has 0 aliphatic carbocycles. The fourth-order valence-corrected chi connectivity index (χ4v) is 3.52. The number of pyridine rings is 1. The van der Waals surface area contributed by atoms with Gasteiger partial charge in [0.05, 0.1) is 0 Å². The number of rotatable bonds is 4. The van der Waals surface area contributed by atoms with Crippen molar-refractivity contribution in [3.63, 3.8) is 0 Å². The zero-order valence-corrected chi connectivity index (χ0v) is 15.2. The quantitative estimate of drug-likeness (QED) is 0.728. The highest BCUT2D eigenvalue weighted by Gasteiger charge is 2.25. The van der Waals surface area contributed by atoms with Gasteiger partial charge in [-0.25, -0.2) is 4.98 Å². The first-order valence-corrected chi connectivity index (χ1v) is 8.94. The van der Waals surface area contributed by atoms with Crippen LogP contribution in [0.1, 0.15) is 6.42 Å². The summed E-state index contributed by atoms with van der Waals surface area (Å²) in [6.07, 6.45) is 2.97. The Labute approximate surface area is 154 Å². The van der Waals surface area contributed by atoms with E-state index in [1.807, 2.05) is 54.7 Å². The van der Waals surface area contributed by atoms with Crippen LogP contribution in [0, 0.1) is 0 Å². The van der Waals surface area contributed by atoms with Gasteiger partial charge in [-0.05, 0) is 38.7 Å². The Kier molecular flexibility index (Phi) is 4.39. The van der Waals surface area contributed by atoms with Crippen molar-refractivity contribution in [1.29, 1.82) is 0 Å². The van der Waals surface area contributed by atoms with E-state index in [0.717, 1.165) is 53.3 Å². The summed E-state index contributed by atoms with van der Waals surface area (Å²) in [6.45, 7) is 2.01. The molecule has 1 aromatic heterocycles. The number of ether oxygens (including phenoxy) is 1. The highest BCUT2D eigenvalue weighted by atomic mass is 16.5. The fraction of sp³-hybridized carbons (Fsp3) is 0.286. The van der Waals surface area contributed by atoms with Crippen LogP contribution in [0.5, 0.6) is 11.5 Å². The van der Waals surface area contributed by atoms with Crippen molar-refractivity contribution in [3.05, 3.63) is 54.7 Å². The van der Waals surface area contributed by atoms with E-state index in [4.69, 9.17) is 10.5 Å². The van der Waals surface area contributed by atoms with Crippen molar-refractivity contribution in [1.82, 2.24) is 9.88 Å². The van der Waals surface area contributed by atoms with Crippen LogP contribution < -0.4 is 15.4 Å². The predicted octanol–water partition coefficient (Wildman–Crippen LogP) is 3.75. The molecule has 0 bridgehead atoms. The summed E-state index contributed by atoms with van der Waals surface area (Å²) >= 11 is 0. The first-order chi connectivity index (χ1) is 12.6. The second kappa shape index (κ2) is 6.84. The zero-order chi connectivity index (χ0) is 18.1. The molecule has 1 atom stereocenters. The van der Waals surface area contributed by atoms with Gasteiger partial charge >= 0.3 is 0 Å². The molecule has 0 unspecified atom stereocenters. The van der Waals surface area contributed by atoms with E-state index in [1.54, 1.807) is 0 Å². The highest BCUT2D eigenvalue weighted by Crippen LogP contribution is 2.34. The van der Waals surface area contributed by atoms with Crippen LogP contribution in [-0.4, -0.2) is 43.1 Å². The van der Waals surface area contributed by atoms with E-state index in [0.29, 0.717) is 6.04 Å². The Balaban J connectivity index is 1.60. The summed E-state index contributed by atoms with van der Waals surface area (Å²) in [5, 5.41) is 2.02. The van der Waals surface area contributed by atoms with E-state index in [9.17, 15) is 0 Å². The predicted molar refractivity (Wildman–Crippen MR) is 107 cm³/mol. The van der Waals surface area contributed by atoms with E-state index in [2.05, 4.69) is 28.9 Å². The van der Waals surface area contributed by atoms with E-state index < -0.39 is 0 Å². The lowest BCUT2D eigenvalue weighted by atomic mass is 10.1. The van der Waals surface area contributed by atoms with Gasteiger partial charge in [-0.3, -0.25) is 0 Å². The number of aromatic nitrogens is 1.